The van der Waals surface area contributed by atoms with Gasteiger partial charge in [0.25, 0.3) is 0 Å². The maximum Gasteiger partial charge on any atom is 0.0587 e. The fraction of sp³-hybridized carbons (Fsp3) is 0.250. The van der Waals surface area contributed by atoms with Gasteiger partial charge in [-0.1, -0.05) is 113 Å². The lowest BCUT2D eigenvalue weighted by Gasteiger charge is -2.12. The van der Waals surface area contributed by atoms with Gasteiger partial charge >= 0.3 is 0 Å². The smallest absolute Gasteiger partial charge is 0.0587 e. The molecule has 6 heteroatoms. The highest BCUT2D eigenvalue weighted by Crippen LogP contribution is 2.44. The molecular weight excluding hydrogens is 733 g/mol. The molecule has 8 rings (SSSR count). The molecule has 0 N–H and O–H groups in total. The summed E-state index contributed by atoms with van der Waals surface area (Å²) in [7, 11) is 0. The van der Waals surface area contributed by atoms with Crippen LogP contribution in [0.15, 0.2) is 133 Å². The lowest BCUT2D eigenvalue weighted by Crippen LogP contribution is -2.01. The predicted octanol–water partition coefficient (Wildman–Crippen LogP) is 16.4. The third-order valence-electron chi connectivity index (χ3n) is 10.2. The summed E-state index contributed by atoms with van der Waals surface area (Å²) < 4.78 is 5.18. The van der Waals surface area contributed by atoms with Gasteiger partial charge in [0.2, 0.25) is 0 Å². The molecule has 0 bridgehead atoms. The molecule has 0 aliphatic rings. The number of benzene rings is 2. The molecule has 0 aliphatic carbocycles. The second-order valence-corrected chi connectivity index (χ2v) is 18.4. The number of hydrogen-bond acceptors (Lipinski definition) is 4. The summed E-state index contributed by atoms with van der Waals surface area (Å²) in [6.45, 7) is 6.67. The SMILES string of the molecule is CCCCCCn1c(-c2ccc(-c3ccccc3)s2)ccc1-c1ccc(-c2ccc(-c3ccc(-c4ccc(-c5ccccc5)s4)n3CCCCCC)s2)s1. The lowest BCUT2D eigenvalue weighted by atomic mass is 10.2. The third-order valence-corrected chi connectivity index (χ3v) is 15.0. The van der Waals surface area contributed by atoms with Gasteiger partial charge in [0.15, 0.2) is 0 Å². The highest BCUT2D eigenvalue weighted by molar-refractivity contribution is 7.25. The van der Waals surface area contributed by atoms with Gasteiger partial charge in [-0.15, -0.1) is 45.3 Å². The van der Waals surface area contributed by atoms with Gasteiger partial charge in [-0.05, 0) is 96.8 Å². The first-order valence-electron chi connectivity index (χ1n) is 19.6. The van der Waals surface area contributed by atoms with Crippen LogP contribution in [0.25, 0.3) is 72.9 Å². The molecular formula is C48H48N2S4. The van der Waals surface area contributed by atoms with Gasteiger partial charge in [-0.25, -0.2) is 0 Å². The van der Waals surface area contributed by atoms with Crippen molar-refractivity contribution in [1.29, 1.82) is 0 Å². The third kappa shape index (κ3) is 8.08. The fourth-order valence-corrected chi connectivity index (χ4v) is 11.6. The second kappa shape index (κ2) is 17.5. The second-order valence-electron chi connectivity index (χ2n) is 14.0. The summed E-state index contributed by atoms with van der Waals surface area (Å²) in [5.41, 5.74) is 7.91. The van der Waals surface area contributed by atoms with E-state index >= 15 is 0 Å². The number of aromatic nitrogens is 2. The van der Waals surface area contributed by atoms with Gasteiger partial charge in [0.1, 0.15) is 0 Å². The first-order valence-corrected chi connectivity index (χ1v) is 22.9. The summed E-state index contributed by atoms with van der Waals surface area (Å²) in [4.78, 5) is 10.7. The molecule has 8 aromatic rings. The van der Waals surface area contributed by atoms with E-state index in [9.17, 15) is 0 Å². The van der Waals surface area contributed by atoms with E-state index in [2.05, 4.69) is 156 Å². The number of unbranched alkanes of at least 4 members (excludes halogenated alkanes) is 6. The molecule has 0 saturated heterocycles. The Balaban J connectivity index is 1.08. The van der Waals surface area contributed by atoms with Gasteiger partial charge < -0.3 is 9.13 Å². The van der Waals surface area contributed by atoms with Crippen LogP contribution in [-0.4, -0.2) is 9.13 Å². The quantitative estimate of drug-likeness (QED) is 0.0815. The van der Waals surface area contributed by atoms with E-state index in [1.165, 1.54) is 124 Å². The standard InChI is InChI=1S/C48H48N2S4/c1-3-5-7-15-33-49-37(43-27-25-41(51-43)35-17-11-9-12-18-35)21-23-39(49)45-29-31-47(53-45)48-32-30-46(54-48)40-24-22-38(50(40)34-16-8-6-4-2)44-28-26-42(52-44)36-19-13-10-14-20-36/h9-14,17-32H,3-8,15-16,33-34H2,1-2H3. The summed E-state index contributed by atoms with van der Waals surface area (Å²) in [5, 5.41) is 0. The Morgan fingerprint density at radius 1 is 0.315 bits per heavy atom. The number of hydrogen-bond donors (Lipinski definition) is 0. The van der Waals surface area contributed by atoms with E-state index in [4.69, 9.17) is 0 Å². The molecule has 0 saturated carbocycles. The maximum atomic E-state index is 2.59. The van der Waals surface area contributed by atoms with E-state index < -0.39 is 0 Å². The van der Waals surface area contributed by atoms with Crippen molar-refractivity contribution in [3.05, 3.63) is 133 Å². The average molecular weight is 781 g/mol. The van der Waals surface area contributed by atoms with E-state index in [1.807, 2.05) is 45.3 Å². The Morgan fingerprint density at radius 3 is 0.981 bits per heavy atom. The van der Waals surface area contributed by atoms with E-state index in [0.29, 0.717) is 0 Å². The molecule has 2 aromatic carbocycles. The molecule has 0 aliphatic heterocycles. The molecule has 0 atom stereocenters. The zero-order valence-corrected chi connectivity index (χ0v) is 34.6. The lowest BCUT2D eigenvalue weighted by molar-refractivity contribution is 0.591. The normalized spacial score (nSPS) is 11.5. The molecule has 0 spiro atoms. The topological polar surface area (TPSA) is 9.86 Å². The zero-order valence-electron chi connectivity index (χ0n) is 31.3. The van der Waals surface area contributed by atoms with E-state index in [1.54, 1.807) is 0 Å². The number of thiophene rings is 4. The Bertz CT molecular complexity index is 2210. The van der Waals surface area contributed by atoms with Crippen molar-refractivity contribution < 1.29 is 0 Å². The largest absolute Gasteiger partial charge is 0.339 e. The van der Waals surface area contributed by atoms with Crippen LogP contribution in [0.4, 0.5) is 0 Å². The van der Waals surface area contributed by atoms with Crippen molar-refractivity contribution in [1.82, 2.24) is 9.13 Å². The minimum Gasteiger partial charge on any atom is -0.339 e. The summed E-state index contributed by atoms with van der Waals surface area (Å²) in [5.74, 6) is 0. The van der Waals surface area contributed by atoms with Crippen molar-refractivity contribution in [2.24, 2.45) is 0 Å². The fourth-order valence-electron chi connectivity index (χ4n) is 7.35. The van der Waals surface area contributed by atoms with Gasteiger partial charge in [-0.3, -0.25) is 0 Å². The van der Waals surface area contributed by atoms with E-state index in [0.717, 1.165) is 13.1 Å². The first-order chi connectivity index (χ1) is 26.7. The van der Waals surface area contributed by atoms with Gasteiger partial charge in [0.05, 0.1) is 42.3 Å². The molecule has 54 heavy (non-hydrogen) atoms. The highest BCUT2D eigenvalue weighted by Gasteiger charge is 2.19. The zero-order chi connectivity index (χ0) is 36.7. The minimum atomic E-state index is 1.04. The molecule has 0 radical (unpaired) electrons. The molecule has 6 heterocycles. The summed E-state index contributed by atoms with van der Waals surface area (Å²) in [6, 6.07) is 49.5. The van der Waals surface area contributed by atoms with Gasteiger partial charge in [-0.2, -0.15) is 0 Å². The minimum absolute atomic E-state index is 1.04. The van der Waals surface area contributed by atoms with Crippen LogP contribution in [0.1, 0.15) is 65.2 Å². The van der Waals surface area contributed by atoms with Gasteiger partial charge in [0, 0.05) is 32.6 Å². The van der Waals surface area contributed by atoms with E-state index in [-0.39, 0.29) is 0 Å². The van der Waals surface area contributed by atoms with Crippen molar-refractivity contribution in [3.8, 4) is 72.9 Å². The van der Waals surface area contributed by atoms with Crippen LogP contribution in [-0.2, 0) is 13.1 Å². The average Bonchev–Trinajstić information content (AvgIpc) is 4.06. The van der Waals surface area contributed by atoms with Crippen LogP contribution in [0, 0.1) is 0 Å². The van der Waals surface area contributed by atoms with Crippen LogP contribution in [0.2, 0.25) is 0 Å². The number of nitrogens with zero attached hydrogens (tertiary/aromatic N) is 2. The molecule has 0 amide bonds. The molecule has 2 nitrogen and oxygen atoms in total. The first kappa shape index (κ1) is 36.8. The Kier molecular flexibility index (Phi) is 11.9. The van der Waals surface area contributed by atoms with Crippen molar-refractivity contribution in [2.45, 2.75) is 78.3 Å². The van der Waals surface area contributed by atoms with Crippen LogP contribution in [0.3, 0.4) is 0 Å². The van der Waals surface area contributed by atoms with Crippen LogP contribution >= 0.6 is 45.3 Å². The highest BCUT2D eigenvalue weighted by atomic mass is 32.1. The molecule has 0 fully saturated rings. The molecule has 0 unspecified atom stereocenters. The van der Waals surface area contributed by atoms with Crippen LogP contribution in [0.5, 0.6) is 0 Å². The molecule has 6 aromatic heterocycles. The maximum absolute atomic E-state index is 2.59. The molecule has 274 valence electrons. The summed E-state index contributed by atoms with van der Waals surface area (Å²) in [6.07, 6.45) is 10.0. The van der Waals surface area contributed by atoms with Crippen LogP contribution < -0.4 is 0 Å². The number of rotatable bonds is 17. The Labute approximate surface area is 337 Å². The van der Waals surface area contributed by atoms with Crippen molar-refractivity contribution in [3.63, 3.8) is 0 Å². The Morgan fingerprint density at radius 2 is 0.630 bits per heavy atom. The Hall–Kier alpha value is -4.20. The van der Waals surface area contributed by atoms with Crippen molar-refractivity contribution in [2.75, 3.05) is 0 Å². The predicted molar refractivity (Wildman–Crippen MR) is 240 cm³/mol. The monoisotopic (exact) mass is 780 g/mol. The summed E-state index contributed by atoms with van der Waals surface area (Å²) >= 11 is 7.66. The van der Waals surface area contributed by atoms with Crippen molar-refractivity contribution >= 4 is 45.3 Å².